The topological polar surface area (TPSA) is 61.2 Å². The number of rotatable bonds is 1. The zero-order valence-corrected chi connectivity index (χ0v) is 14.9. The molecule has 1 aliphatic heterocycles. The Bertz CT molecular complexity index is 820. The summed E-state index contributed by atoms with van der Waals surface area (Å²) >= 11 is 7.53. The van der Waals surface area contributed by atoms with Crippen molar-refractivity contribution in [1.29, 1.82) is 5.26 Å². The summed E-state index contributed by atoms with van der Waals surface area (Å²) < 4.78 is 0. The van der Waals surface area contributed by atoms with Crippen molar-refractivity contribution >= 4 is 39.8 Å². The predicted octanol–water partition coefficient (Wildman–Crippen LogP) is 3.77. The van der Waals surface area contributed by atoms with Crippen LogP contribution in [0.3, 0.4) is 0 Å². The van der Waals surface area contributed by atoms with Gasteiger partial charge in [0.05, 0.1) is 17.4 Å². The van der Waals surface area contributed by atoms with Crippen LogP contribution in [0.25, 0.3) is 0 Å². The molecule has 0 N–H and O–H groups in total. The SMILES string of the molecule is C[C@@H]1CCc2sc(N3C(=O)[C@H]4CC=C(Cl)C[C@@H]4C3=O)c(C#N)c2C1. The fraction of sp³-hybridized carbons (Fsp3) is 0.500. The Labute approximate surface area is 149 Å². The van der Waals surface area contributed by atoms with Crippen molar-refractivity contribution in [3.8, 4) is 6.07 Å². The van der Waals surface area contributed by atoms with Gasteiger partial charge in [-0.15, -0.1) is 11.3 Å². The van der Waals surface area contributed by atoms with Crippen molar-refractivity contribution in [1.82, 2.24) is 0 Å². The molecule has 6 heteroatoms. The molecule has 2 heterocycles. The van der Waals surface area contributed by atoms with E-state index < -0.39 is 0 Å². The summed E-state index contributed by atoms with van der Waals surface area (Å²) in [6.45, 7) is 2.18. The number of nitrogens with zero attached hydrogens (tertiary/aromatic N) is 2. The van der Waals surface area contributed by atoms with Gasteiger partial charge in [-0.05, 0) is 43.6 Å². The minimum absolute atomic E-state index is 0.173. The van der Waals surface area contributed by atoms with Crippen LogP contribution in [-0.2, 0) is 22.4 Å². The number of allylic oxidation sites excluding steroid dienone is 2. The molecular formula is C18H17ClN2O2S. The van der Waals surface area contributed by atoms with E-state index in [2.05, 4.69) is 13.0 Å². The smallest absolute Gasteiger partial charge is 0.238 e. The molecule has 1 aromatic heterocycles. The first-order valence-corrected chi connectivity index (χ1v) is 9.47. The number of imide groups is 1. The van der Waals surface area contributed by atoms with E-state index in [0.717, 1.165) is 29.7 Å². The molecule has 2 aliphatic carbocycles. The fourth-order valence-corrected chi connectivity index (χ4v) is 5.60. The third-order valence-electron chi connectivity index (χ3n) is 5.37. The number of amides is 2. The number of hydrogen-bond donors (Lipinski definition) is 0. The number of carbonyl (C=O) groups excluding carboxylic acids is 2. The van der Waals surface area contributed by atoms with E-state index >= 15 is 0 Å². The van der Waals surface area contributed by atoms with Crippen LogP contribution >= 0.6 is 22.9 Å². The standard InChI is InChI=1S/C18H17ClN2O2S/c1-9-2-5-15-12(6-9)14(8-20)18(24-15)21-16(22)11-4-3-10(19)7-13(11)17(21)23/h3,9,11,13H,2,4-7H2,1H3/t9-,11+,13+/m1/s1. The largest absolute Gasteiger partial charge is 0.274 e. The van der Waals surface area contributed by atoms with Gasteiger partial charge in [0.25, 0.3) is 0 Å². The second kappa shape index (κ2) is 5.72. The fourth-order valence-electron chi connectivity index (χ4n) is 4.04. The van der Waals surface area contributed by atoms with Crippen molar-refractivity contribution in [2.45, 2.75) is 39.0 Å². The van der Waals surface area contributed by atoms with Gasteiger partial charge in [-0.25, -0.2) is 4.90 Å². The normalized spacial score (nSPS) is 29.1. The van der Waals surface area contributed by atoms with Crippen LogP contribution in [0.2, 0.25) is 0 Å². The molecule has 1 fully saturated rings. The molecule has 3 atom stereocenters. The first-order chi connectivity index (χ1) is 11.5. The van der Waals surface area contributed by atoms with Gasteiger partial charge in [0, 0.05) is 9.91 Å². The summed E-state index contributed by atoms with van der Waals surface area (Å²) in [4.78, 5) is 28.1. The summed E-state index contributed by atoms with van der Waals surface area (Å²) in [7, 11) is 0. The molecular weight excluding hydrogens is 344 g/mol. The molecule has 0 radical (unpaired) electrons. The Morgan fingerprint density at radius 2 is 2.04 bits per heavy atom. The minimum Gasteiger partial charge on any atom is -0.274 e. The molecule has 3 aliphatic rings. The zero-order chi connectivity index (χ0) is 17.0. The van der Waals surface area contributed by atoms with Gasteiger partial charge in [0.1, 0.15) is 11.1 Å². The Morgan fingerprint density at radius 3 is 2.79 bits per heavy atom. The molecule has 1 saturated heterocycles. The van der Waals surface area contributed by atoms with Crippen LogP contribution in [0.4, 0.5) is 5.00 Å². The first kappa shape index (κ1) is 15.9. The van der Waals surface area contributed by atoms with E-state index in [4.69, 9.17) is 11.6 Å². The zero-order valence-electron chi connectivity index (χ0n) is 13.3. The van der Waals surface area contributed by atoms with Crippen molar-refractivity contribution in [2.75, 3.05) is 4.90 Å². The summed E-state index contributed by atoms with van der Waals surface area (Å²) in [5, 5.41) is 10.8. The first-order valence-electron chi connectivity index (χ1n) is 8.28. The quantitative estimate of drug-likeness (QED) is 0.716. The molecule has 0 aromatic carbocycles. The van der Waals surface area contributed by atoms with E-state index in [9.17, 15) is 14.9 Å². The van der Waals surface area contributed by atoms with Crippen LogP contribution in [0, 0.1) is 29.1 Å². The number of nitriles is 1. The second-order valence-corrected chi connectivity index (χ2v) is 8.53. The Balaban J connectivity index is 1.77. The molecule has 1 aromatic rings. The lowest BCUT2D eigenvalue weighted by Crippen LogP contribution is -2.30. The molecule has 24 heavy (non-hydrogen) atoms. The van der Waals surface area contributed by atoms with Crippen LogP contribution in [0.15, 0.2) is 11.1 Å². The van der Waals surface area contributed by atoms with E-state index in [1.54, 1.807) is 0 Å². The number of halogens is 1. The van der Waals surface area contributed by atoms with E-state index in [-0.39, 0.29) is 23.7 Å². The lowest BCUT2D eigenvalue weighted by atomic mass is 9.85. The van der Waals surface area contributed by atoms with E-state index in [0.29, 0.717) is 34.4 Å². The van der Waals surface area contributed by atoms with Gasteiger partial charge < -0.3 is 0 Å². The number of anilines is 1. The van der Waals surface area contributed by atoms with Crippen LogP contribution in [0.1, 0.15) is 42.2 Å². The molecule has 0 bridgehead atoms. The third-order valence-corrected chi connectivity index (χ3v) is 6.96. The Kier molecular flexibility index (Phi) is 3.78. The molecule has 124 valence electrons. The Morgan fingerprint density at radius 1 is 1.29 bits per heavy atom. The number of aryl methyl sites for hydroxylation is 1. The van der Waals surface area contributed by atoms with Gasteiger partial charge in [-0.2, -0.15) is 5.26 Å². The molecule has 2 amide bonds. The second-order valence-electron chi connectivity index (χ2n) is 6.96. The highest BCUT2D eigenvalue weighted by Gasteiger charge is 2.50. The van der Waals surface area contributed by atoms with Gasteiger partial charge in [-0.3, -0.25) is 9.59 Å². The third kappa shape index (κ3) is 2.24. The maximum absolute atomic E-state index is 12.9. The summed E-state index contributed by atoms with van der Waals surface area (Å²) in [6.07, 6.45) is 5.64. The highest BCUT2D eigenvalue weighted by atomic mass is 35.5. The maximum atomic E-state index is 12.9. The molecule has 0 saturated carbocycles. The monoisotopic (exact) mass is 360 g/mol. The summed E-state index contributed by atoms with van der Waals surface area (Å²) in [5.74, 6) is -0.542. The minimum atomic E-state index is -0.375. The molecule has 0 unspecified atom stereocenters. The van der Waals surface area contributed by atoms with Gasteiger partial charge in [0.15, 0.2) is 0 Å². The van der Waals surface area contributed by atoms with E-state index in [1.165, 1.54) is 16.2 Å². The number of carbonyl (C=O) groups is 2. The average Bonchev–Trinajstić information content (AvgIpc) is 3.02. The van der Waals surface area contributed by atoms with E-state index in [1.807, 2.05) is 6.08 Å². The van der Waals surface area contributed by atoms with Crippen LogP contribution < -0.4 is 4.90 Å². The maximum Gasteiger partial charge on any atom is 0.238 e. The number of fused-ring (bicyclic) bond motifs is 2. The Hall–Kier alpha value is -1.64. The van der Waals surface area contributed by atoms with Crippen molar-refractivity contribution < 1.29 is 9.59 Å². The highest BCUT2D eigenvalue weighted by molar-refractivity contribution is 7.17. The highest BCUT2D eigenvalue weighted by Crippen LogP contribution is 2.46. The van der Waals surface area contributed by atoms with Gasteiger partial charge in [0.2, 0.25) is 11.8 Å². The lowest BCUT2D eigenvalue weighted by molar-refractivity contribution is -0.122. The number of thiophene rings is 1. The average molecular weight is 361 g/mol. The lowest BCUT2D eigenvalue weighted by Gasteiger charge is -2.17. The molecule has 4 nitrogen and oxygen atoms in total. The summed E-state index contributed by atoms with van der Waals surface area (Å²) in [5.41, 5.74) is 1.57. The van der Waals surface area contributed by atoms with Gasteiger partial charge >= 0.3 is 0 Å². The number of hydrogen-bond acceptors (Lipinski definition) is 4. The molecule has 4 rings (SSSR count). The van der Waals surface area contributed by atoms with Crippen molar-refractivity contribution in [3.63, 3.8) is 0 Å². The van der Waals surface area contributed by atoms with Crippen LogP contribution in [0.5, 0.6) is 0 Å². The molecule has 0 spiro atoms. The van der Waals surface area contributed by atoms with Gasteiger partial charge in [-0.1, -0.05) is 24.6 Å². The predicted molar refractivity (Wildman–Crippen MR) is 92.9 cm³/mol. The summed E-state index contributed by atoms with van der Waals surface area (Å²) in [6, 6.07) is 2.26. The van der Waals surface area contributed by atoms with Crippen molar-refractivity contribution in [2.24, 2.45) is 17.8 Å². The van der Waals surface area contributed by atoms with Crippen molar-refractivity contribution in [3.05, 3.63) is 27.1 Å². The van der Waals surface area contributed by atoms with Crippen LogP contribution in [-0.4, -0.2) is 11.8 Å².